The molecule has 1 saturated heterocycles. The van der Waals surface area contributed by atoms with Crippen LogP contribution in [0.5, 0.6) is 5.75 Å². The van der Waals surface area contributed by atoms with Crippen LogP contribution in [-0.2, 0) is 11.2 Å². The zero-order valence-corrected chi connectivity index (χ0v) is 13.2. The maximum atomic E-state index is 11.8. The number of hydrogen-bond donors (Lipinski definition) is 1. The number of ether oxygens (including phenoxy) is 2. The summed E-state index contributed by atoms with van der Waals surface area (Å²) < 4.78 is 11.2. The van der Waals surface area contributed by atoms with Crippen LogP contribution in [0.25, 0.3) is 0 Å². The Morgan fingerprint density at radius 2 is 2.00 bits per heavy atom. The van der Waals surface area contributed by atoms with Crippen molar-refractivity contribution in [2.45, 2.75) is 45.8 Å². The van der Waals surface area contributed by atoms with Gasteiger partial charge in [-0.25, -0.2) is 4.79 Å². The third-order valence-electron chi connectivity index (χ3n) is 3.20. The molecule has 0 aliphatic carbocycles. The van der Waals surface area contributed by atoms with Gasteiger partial charge in [0.25, 0.3) is 0 Å². The molecule has 1 aromatic rings. The Hall–Kier alpha value is -1.91. The molecule has 1 aromatic carbocycles. The number of amides is 1. The highest BCUT2D eigenvalue weighted by atomic mass is 16.6. The van der Waals surface area contributed by atoms with Gasteiger partial charge in [0.05, 0.1) is 13.1 Å². The number of rotatable bonds is 3. The van der Waals surface area contributed by atoms with Gasteiger partial charge in [-0.05, 0) is 44.9 Å². The molecule has 21 heavy (non-hydrogen) atoms. The Labute approximate surface area is 126 Å². The summed E-state index contributed by atoms with van der Waals surface area (Å²) in [5.74, 6) is 0.765. The van der Waals surface area contributed by atoms with E-state index in [1.165, 1.54) is 0 Å². The molecule has 1 aliphatic rings. The molecule has 0 bridgehead atoms. The Kier molecular flexibility index (Phi) is 4.30. The van der Waals surface area contributed by atoms with Crippen molar-refractivity contribution in [1.82, 2.24) is 4.90 Å². The van der Waals surface area contributed by atoms with E-state index in [1.807, 2.05) is 39.0 Å². The van der Waals surface area contributed by atoms with Crippen molar-refractivity contribution in [3.63, 3.8) is 0 Å². The molecule has 1 fully saturated rings. The summed E-state index contributed by atoms with van der Waals surface area (Å²) >= 11 is 0. The monoisotopic (exact) mass is 292 g/mol. The van der Waals surface area contributed by atoms with Gasteiger partial charge in [0.15, 0.2) is 0 Å². The van der Waals surface area contributed by atoms with E-state index in [1.54, 1.807) is 4.90 Å². The van der Waals surface area contributed by atoms with Crippen LogP contribution < -0.4 is 10.5 Å². The van der Waals surface area contributed by atoms with Gasteiger partial charge in [-0.2, -0.15) is 0 Å². The van der Waals surface area contributed by atoms with Gasteiger partial charge in [0.1, 0.15) is 17.5 Å². The van der Waals surface area contributed by atoms with Crippen molar-refractivity contribution >= 4 is 11.8 Å². The molecular weight excluding hydrogens is 268 g/mol. The van der Waals surface area contributed by atoms with E-state index >= 15 is 0 Å². The highest BCUT2D eigenvalue weighted by molar-refractivity contribution is 5.69. The summed E-state index contributed by atoms with van der Waals surface area (Å²) in [6, 6.07) is 5.75. The number of hydrogen-bond acceptors (Lipinski definition) is 4. The van der Waals surface area contributed by atoms with Gasteiger partial charge >= 0.3 is 6.09 Å². The van der Waals surface area contributed by atoms with E-state index in [-0.39, 0.29) is 12.2 Å². The predicted octanol–water partition coefficient (Wildman–Crippen LogP) is 2.83. The number of nitrogens with two attached hydrogens (primary N) is 1. The molecule has 0 spiro atoms. The molecule has 5 heteroatoms. The summed E-state index contributed by atoms with van der Waals surface area (Å²) in [5, 5.41) is 0. The van der Waals surface area contributed by atoms with Crippen molar-refractivity contribution in [3.05, 3.63) is 23.8 Å². The fraction of sp³-hybridized carbons (Fsp3) is 0.562. The first kappa shape index (κ1) is 15.5. The molecule has 0 atom stereocenters. The quantitative estimate of drug-likeness (QED) is 0.870. The smallest absolute Gasteiger partial charge is 0.410 e. The average Bonchev–Trinajstić information content (AvgIpc) is 2.30. The number of benzene rings is 1. The van der Waals surface area contributed by atoms with Gasteiger partial charge in [-0.15, -0.1) is 0 Å². The zero-order chi connectivity index (χ0) is 15.6. The first-order chi connectivity index (χ1) is 9.76. The summed E-state index contributed by atoms with van der Waals surface area (Å²) in [7, 11) is 0. The number of likely N-dealkylation sites (tertiary alicyclic amines) is 1. The summed E-state index contributed by atoms with van der Waals surface area (Å²) in [6.07, 6.45) is 0.629. The number of nitrogen functional groups attached to an aromatic ring is 1. The molecule has 1 amide bonds. The van der Waals surface area contributed by atoms with Crippen LogP contribution in [0, 0.1) is 0 Å². The minimum absolute atomic E-state index is 0.00373. The second-order valence-electron chi connectivity index (χ2n) is 6.39. The van der Waals surface area contributed by atoms with Gasteiger partial charge in [0.2, 0.25) is 0 Å². The van der Waals surface area contributed by atoms with E-state index < -0.39 is 5.60 Å². The maximum absolute atomic E-state index is 11.8. The lowest BCUT2D eigenvalue weighted by Gasteiger charge is -2.39. The largest absolute Gasteiger partial charge is 0.487 e. The molecule has 2 N–H and O–H groups in total. The fourth-order valence-electron chi connectivity index (χ4n) is 2.14. The summed E-state index contributed by atoms with van der Waals surface area (Å²) in [4.78, 5) is 13.5. The Morgan fingerprint density at radius 1 is 1.33 bits per heavy atom. The molecule has 0 aromatic heterocycles. The fourth-order valence-corrected chi connectivity index (χ4v) is 2.14. The van der Waals surface area contributed by atoms with E-state index in [0.717, 1.165) is 17.7 Å². The van der Waals surface area contributed by atoms with Crippen molar-refractivity contribution < 1.29 is 14.3 Å². The molecule has 2 rings (SSSR count). The second kappa shape index (κ2) is 5.84. The van der Waals surface area contributed by atoms with Crippen molar-refractivity contribution in [3.8, 4) is 5.75 Å². The van der Waals surface area contributed by atoms with E-state index in [4.69, 9.17) is 15.2 Å². The van der Waals surface area contributed by atoms with Gasteiger partial charge in [-0.1, -0.05) is 6.92 Å². The minimum atomic E-state index is -0.465. The van der Waals surface area contributed by atoms with Crippen LogP contribution in [0.1, 0.15) is 33.3 Å². The minimum Gasteiger partial charge on any atom is -0.487 e. The molecule has 0 radical (unpaired) electrons. The first-order valence-corrected chi connectivity index (χ1v) is 7.31. The second-order valence-corrected chi connectivity index (χ2v) is 6.39. The van der Waals surface area contributed by atoms with E-state index in [0.29, 0.717) is 18.8 Å². The maximum Gasteiger partial charge on any atom is 0.410 e. The highest BCUT2D eigenvalue weighted by Crippen LogP contribution is 2.24. The molecule has 1 aliphatic heterocycles. The Bertz CT molecular complexity index is 517. The number of carbonyl (C=O) groups is 1. The molecule has 5 nitrogen and oxygen atoms in total. The number of carbonyl (C=O) groups excluding carboxylic acids is 1. The van der Waals surface area contributed by atoms with Crippen molar-refractivity contribution in [2.75, 3.05) is 18.8 Å². The standard InChI is InChI=1S/C16H24N2O3/c1-5-11-6-12(17)8-13(7-11)20-14-9-18(10-14)15(19)21-16(2,3)4/h6-8,14H,5,9-10,17H2,1-4H3. The predicted molar refractivity (Wildman–Crippen MR) is 82.5 cm³/mol. The topological polar surface area (TPSA) is 64.8 Å². The first-order valence-electron chi connectivity index (χ1n) is 7.31. The molecular formula is C16H24N2O3. The lowest BCUT2D eigenvalue weighted by atomic mass is 10.1. The zero-order valence-electron chi connectivity index (χ0n) is 13.2. The van der Waals surface area contributed by atoms with E-state index in [2.05, 4.69) is 6.92 Å². The Morgan fingerprint density at radius 3 is 2.57 bits per heavy atom. The molecule has 0 unspecified atom stereocenters. The number of aryl methyl sites for hydroxylation is 1. The lowest BCUT2D eigenvalue weighted by Crippen LogP contribution is -2.57. The summed E-state index contributed by atoms with van der Waals surface area (Å²) in [6.45, 7) is 8.75. The SMILES string of the molecule is CCc1cc(N)cc(OC2CN(C(=O)OC(C)(C)C)C2)c1. The summed E-state index contributed by atoms with van der Waals surface area (Å²) in [5.41, 5.74) is 7.23. The average molecular weight is 292 g/mol. The Balaban J connectivity index is 1.85. The van der Waals surface area contributed by atoms with Gasteiger partial charge in [-0.3, -0.25) is 0 Å². The molecule has 116 valence electrons. The molecule has 1 heterocycles. The van der Waals surface area contributed by atoms with Gasteiger partial charge in [0, 0.05) is 11.8 Å². The number of anilines is 1. The van der Waals surface area contributed by atoms with Crippen LogP contribution in [0.15, 0.2) is 18.2 Å². The van der Waals surface area contributed by atoms with Crippen LogP contribution in [0.4, 0.5) is 10.5 Å². The van der Waals surface area contributed by atoms with Crippen LogP contribution in [-0.4, -0.2) is 35.8 Å². The third-order valence-corrected chi connectivity index (χ3v) is 3.20. The third kappa shape index (κ3) is 4.28. The number of nitrogens with zero attached hydrogens (tertiary/aromatic N) is 1. The highest BCUT2D eigenvalue weighted by Gasteiger charge is 2.35. The van der Waals surface area contributed by atoms with Crippen LogP contribution in [0.2, 0.25) is 0 Å². The molecule has 0 saturated carbocycles. The lowest BCUT2D eigenvalue weighted by molar-refractivity contribution is -0.0221. The van der Waals surface area contributed by atoms with Crippen LogP contribution >= 0.6 is 0 Å². The van der Waals surface area contributed by atoms with Crippen LogP contribution in [0.3, 0.4) is 0 Å². The normalized spacial score (nSPS) is 15.5. The van der Waals surface area contributed by atoms with Crippen molar-refractivity contribution in [2.24, 2.45) is 0 Å². The van der Waals surface area contributed by atoms with Gasteiger partial charge < -0.3 is 20.1 Å². The van der Waals surface area contributed by atoms with Crippen molar-refractivity contribution in [1.29, 1.82) is 0 Å². The van der Waals surface area contributed by atoms with E-state index in [9.17, 15) is 4.79 Å².